The van der Waals surface area contributed by atoms with E-state index in [1.807, 2.05) is 6.08 Å². The van der Waals surface area contributed by atoms with Gasteiger partial charge >= 0.3 is 0 Å². The van der Waals surface area contributed by atoms with Crippen LogP contribution in [0.2, 0.25) is 26.2 Å². The van der Waals surface area contributed by atoms with Crippen molar-refractivity contribution in [3.63, 3.8) is 0 Å². The minimum absolute atomic E-state index is 0.0560. The molecule has 5 aromatic rings. The normalized spacial score (nSPS) is 15.2. The van der Waals surface area contributed by atoms with Gasteiger partial charge in [0.1, 0.15) is 12.4 Å². The molecule has 6 rings (SSSR count). The molecule has 0 saturated carbocycles. The highest BCUT2D eigenvalue weighted by atomic mass is 28.3. The van der Waals surface area contributed by atoms with E-state index in [-0.39, 0.29) is 11.0 Å². The number of aryl methyl sites for hydroxylation is 1. The Hall–Kier alpha value is -3.93. The van der Waals surface area contributed by atoms with Gasteiger partial charge in [-0.3, -0.25) is 0 Å². The second kappa shape index (κ2) is 15.7. The summed E-state index contributed by atoms with van der Waals surface area (Å²) >= 11 is 0. The van der Waals surface area contributed by atoms with Gasteiger partial charge in [-0.15, -0.1) is 0 Å². The smallest absolute Gasteiger partial charge is 0.122 e. The molecule has 0 radical (unpaired) electrons. The molecule has 0 N–H and O–H groups in total. The Kier molecular flexibility index (Phi) is 11.5. The average molecular weight is 749 g/mol. The van der Waals surface area contributed by atoms with Crippen molar-refractivity contribution >= 4 is 27.2 Å². The van der Waals surface area contributed by atoms with Crippen LogP contribution >= 0.6 is 0 Å². The number of rotatable bonds is 12. The molecular weight excluding hydrogens is 685 g/mol. The second-order valence-electron chi connectivity index (χ2n) is 17.9. The Morgan fingerprint density at radius 3 is 1.65 bits per heavy atom. The van der Waals surface area contributed by atoms with E-state index >= 15 is 0 Å². The van der Waals surface area contributed by atoms with Crippen LogP contribution in [-0.4, -0.2) is 23.5 Å². The van der Waals surface area contributed by atoms with Crippen molar-refractivity contribution in [3.8, 4) is 39.1 Å². The molecular formula is C51H64OSi2. The van der Waals surface area contributed by atoms with Crippen molar-refractivity contribution in [2.75, 3.05) is 6.61 Å². The van der Waals surface area contributed by atoms with Gasteiger partial charge in [-0.1, -0.05) is 189 Å². The Morgan fingerprint density at radius 1 is 0.741 bits per heavy atom. The van der Waals surface area contributed by atoms with Gasteiger partial charge in [0.25, 0.3) is 0 Å². The molecule has 0 amide bonds. The summed E-state index contributed by atoms with van der Waals surface area (Å²) in [5.41, 5.74) is 17.0. The van der Waals surface area contributed by atoms with Gasteiger partial charge in [0.2, 0.25) is 0 Å². The number of benzene rings is 5. The fraction of sp³-hybridized carbons (Fsp3) is 0.373. The van der Waals surface area contributed by atoms with Crippen LogP contribution in [0.3, 0.4) is 0 Å². The van der Waals surface area contributed by atoms with Gasteiger partial charge < -0.3 is 4.74 Å². The predicted molar refractivity (Wildman–Crippen MR) is 243 cm³/mol. The fourth-order valence-electron chi connectivity index (χ4n) is 9.42. The molecule has 0 aliphatic heterocycles. The van der Waals surface area contributed by atoms with Crippen LogP contribution in [0.4, 0.5) is 0 Å². The van der Waals surface area contributed by atoms with Crippen molar-refractivity contribution in [1.82, 2.24) is 0 Å². The largest absolute Gasteiger partial charge is 0.489 e. The van der Waals surface area contributed by atoms with Gasteiger partial charge in [0, 0.05) is 5.54 Å². The second-order valence-corrected chi connectivity index (χ2v) is 25.4. The molecule has 0 saturated heterocycles. The lowest BCUT2D eigenvalue weighted by Gasteiger charge is -2.38. The summed E-state index contributed by atoms with van der Waals surface area (Å²) < 4.78 is 6.95. The highest BCUT2D eigenvalue weighted by Crippen LogP contribution is 2.52. The zero-order valence-corrected chi connectivity index (χ0v) is 37.4. The van der Waals surface area contributed by atoms with Gasteiger partial charge in [0.05, 0.1) is 16.9 Å². The SMILES string of the molecule is C=CCOc1c([Si](C)(C)C2c3cc(-c4ccccc4C(C)CC)ccc3-c3ccc(-c4ccccc4C(C)CC)cc32)cc(C)c([SiH](C)C)c1C(C)(C)C. The standard InChI is InChI=1S/C51H64OSi2/c1-14-29-52-48-46(30-35(6)49(53(10)11)47(48)51(7,8)9)54(12,13)50-44-31-36(40-23-19-17-21-38(40)33(4)15-2)25-27-42(44)43-28-26-37(32-45(43)50)41-24-20-18-22-39(41)34(5)16-3/h14,17-28,30-34,50,53H,1,15-16,29H2,2-13H3. The Labute approximate surface area is 330 Å². The summed E-state index contributed by atoms with van der Waals surface area (Å²) in [6.45, 7) is 33.6. The minimum Gasteiger partial charge on any atom is -0.489 e. The summed E-state index contributed by atoms with van der Waals surface area (Å²) in [7, 11) is -3.60. The van der Waals surface area contributed by atoms with E-state index in [1.165, 1.54) is 71.9 Å². The molecule has 0 bridgehead atoms. The lowest BCUT2D eigenvalue weighted by atomic mass is 9.85. The van der Waals surface area contributed by atoms with Crippen LogP contribution in [0.1, 0.15) is 112 Å². The molecule has 1 nitrogen and oxygen atoms in total. The van der Waals surface area contributed by atoms with Crippen molar-refractivity contribution in [2.45, 2.75) is 117 Å². The van der Waals surface area contributed by atoms with Crippen molar-refractivity contribution in [3.05, 3.63) is 137 Å². The fourth-order valence-corrected chi connectivity index (χ4v) is 15.3. The maximum Gasteiger partial charge on any atom is 0.122 e. The number of hydrogen-bond donors (Lipinski definition) is 0. The quantitative estimate of drug-likeness (QED) is 0.0912. The average Bonchev–Trinajstić information content (AvgIpc) is 3.49. The molecule has 0 fully saturated rings. The summed E-state index contributed by atoms with van der Waals surface area (Å²) in [4.78, 5) is 0. The van der Waals surface area contributed by atoms with Gasteiger partial charge in [-0.05, 0) is 103 Å². The summed E-state index contributed by atoms with van der Waals surface area (Å²) in [5.74, 6) is 2.12. The maximum atomic E-state index is 6.95. The first-order valence-corrected chi connectivity index (χ1v) is 26.5. The molecule has 54 heavy (non-hydrogen) atoms. The third-order valence-corrected chi connectivity index (χ3v) is 18.2. The summed E-state index contributed by atoms with van der Waals surface area (Å²) in [6, 6.07) is 35.5. The molecule has 282 valence electrons. The van der Waals surface area contributed by atoms with Crippen LogP contribution in [0.25, 0.3) is 33.4 Å². The molecule has 0 heterocycles. The number of fused-ring (bicyclic) bond motifs is 3. The van der Waals surface area contributed by atoms with E-state index in [1.54, 1.807) is 5.19 Å². The third-order valence-electron chi connectivity index (χ3n) is 12.5. The predicted octanol–water partition coefficient (Wildman–Crippen LogP) is 13.2. The van der Waals surface area contributed by atoms with E-state index in [4.69, 9.17) is 4.74 Å². The monoisotopic (exact) mass is 748 g/mol. The van der Waals surface area contributed by atoms with Gasteiger partial charge in [-0.25, -0.2) is 0 Å². The van der Waals surface area contributed by atoms with E-state index in [0.29, 0.717) is 18.4 Å². The molecule has 1 aliphatic rings. The van der Waals surface area contributed by atoms with Crippen LogP contribution in [0.5, 0.6) is 5.75 Å². The zero-order valence-electron chi connectivity index (χ0n) is 35.3. The first-order chi connectivity index (χ1) is 25.6. The summed E-state index contributed by atoms with van der Waals surface area (Å²) in [5, 5.41) is 3.00. The van der Waals surface area contributed by atoms with E-state index < -0.39 is 16.9 Å². The lowest BCUT2D eigenvalue weighted by molar-refractivity contribution is 0.354. The van der Waals surface area contributed by atoms with Gasteiger partial charge in [0.15, 0.2) is 0 Å². The highest BCUT2D eigenvalue weighted by molar-refractivity contribution is 6.92. The molecule has 2 atom stereocenters. The maximum absolute atomic E-state index is 6.95. The highest BCUT2D eigenvalue weighted by Gasteiger charge is 2.45. The molecule has 5 aromatic carbocycles. The molecule has 2 unspecified atom stereocenters. The van der Waals surface area contributed by atoms with Gasteiger partial charge in [-0.2, -0.15) is 0 Å². The van der Waals surface area contributed by atoms with E-state index in [0.717, 1.165) is 18.6 Å². The Morgan fingerprint density at radius 2 is 1.22 bits per heavy atom. The first-order valence-electron chi connectivity index (χ1n) is 20.5. The number of hydrogen-bond acceptors (Lipinski definition) is 1. The van der Waals surface area contributed by atoms with E-state index in [9.17, 15) is 0 Å². The van der Waals surface area contributed by atoms with Crippen molar-refractivity contribution in [1.29, 1.82) is 0 Å². The Balaban J connectivity index is 1.67. The summed E-state index contributed by atoms with van der Waals surface area (Å²) in [6.07, 6.45) is 4.16. The molecule has 0 aromatic heterocycles. The lowest BCUT2D eigenvalue weighted by Crippen LogP contribution is -2.51. The minimum atomic E-state index is -2.42. The van der Waals surface area contributed by atoms with Crippen LogP contribution in [0.15, 0.2) is 104 Å². The number of ether oxygens (including phenoxy) is 1. The third kappa shape index (κ3) is 7.15. The molecule has 3 heteroatoms. The van der Waals surface area contributed by atoms with Crippen molar-refractivity contribution < 1.29 is 4.74 Å². The van der Waals surface area contributed by atoms with Crippen LogP contribution < -0.4 is 15.1 Å². The molecule has 1 aliphatic carbocycles. The van der Waals surface area contributed by atoms with E-state index in [2.05, 4.69) is 179 Å². The Bertz CT molecular complexity index is 2060. The van der Waals surface area contributed by atoms with Crippen molar-refractivity contribution in [2.24, 2.45) is 0 Å². The zero-order chi connectivity index (χ0) is 39.1. The molecule has 0 spiro atoms. The van der Waals surface area contributed by atoms with Crippen LogP contribution in [-0.2, 0) is 5.41 Å². The first kappa shape index (κ1) is 39.8. The van der Waals surface area contributed by atoms with Crippen LogP contribution in [0, 0.1) is 6.92 Å². The topological polar surface area (TPSA) is 9.23 Å².